The Bertz CT molecular complexity index is 1480. The van der Waals surface area contributed by atoms with E-state index in [1.165, 1.54) is 17.5 Å². The average Bonchev–Trinajstić information content (AvgIpc) is 2.97. The van der Waals surface area contributed by atoms with E-state index in [1.807, 2.05) is 62.6 Å². The minimum absolute atomic E-state index is 0.187. The van der Waals surface area contributed by atoms with Crippen LogP contribution in [0.15, 0.2) is 97.3 Å². The number of hydrogen-bond donors (Lipinski definition) is 1. The highest BCUT2D eigenvalue weighted by atomic mass is 16.5. The maximum absolute atomic E-state index is 6.57. The van der Waals surface area contributed by atoms with Crippen molar-refractivity contribution in [1.29, 1.82) is 0 Å². The van der Waals surface area contributed by atoms with E-state index in [-0.39, 0.29) is 5.54 Å². The number of nitrogens with one attached hydrogen (secondary N) is 1. The standard InChI is InChI=1S/C31H28N4O.C2H6/c32-31(17-5-18-31)25-12-10-24(11-13-25)29-28(23-6-2-1-3-7-23)34-26-8-4-9-27(30(26)35-29)36-21-16-22-14-19-33-20-15-22;1-2/h1-4,6-15,19-20H,5,16-18,21,32H2;1-2H3/p+1. The van der Waals surface area contributed by atoms with Crippen molar-refractivity contribution >= 4 is 11.0 Å². The zero-order chi connectivity index (χ0) is 26.4. The Hall–Kier alpha value is -4.09. The molecule has 1 aliphatic rings. The van der Waals surface area contributed by atoms with Gasteiger partial charge < -0.3 is 10.5 Å². The molecule has 0 bridgehead atoms. The maximum atomic E-state index is 6.57. The number of nitrogens with two attached hydrogens (primary N) is 1. The largest absolute Gasteiger partial charge is 0.491 e. The summed E-state index contributed by atoms with van der Waals surface area (Å²) < 4.78 is 6.22. The molecule has 3 aromatic carbocycles. The van der Waals surface area contributed by atoms with Gasteiger partial charge in [-0.15, -0.1) is 0 Å². The van der Waals surface area contributed by atoms with Gasteiger partial charge in [0.05, 0.1) is 23.5 Å². The fraction of sp³-hybridized carbons (Fsp3) is 0.242. The van der Waals surface area contributed by atoms with E-state index in [0.717, 1.165) is 58.6 Å². The van der Waals surface area contributed by atoms with Gasteiger partial charge in [-0.1, -0.05) is 74.5 Å². The molecule has 2 heterocycles. The number of ether oxygens (including phenoxy) is 1. The first-order valence-corrected chi connectivity index (χ1v) is 13.5. The lowest BCUT2D eigenvalue weighted by molar-refractivity contribution is -0.378. The Morgan fingerprint density at radius 2 is 1.47 bits per heavy atom. The second kappa shape index (κ2) is 11.5. The molecule has 0 amide bonds. The van der Waals surface area contributed by atoms with Gasteiger partial charge in [0.15, 0.2) is 12.4 Å². The summed E-state index contributed by atoms with van der Waals surface area (Å²) in [6.45, 7) is 4.56. The molecular weight excluding hydrogens is 468 g/mol. The molecule has 0 radical (unpaired) electrons. The number of para-hydroxylation sites is 1. The van der Waals surface area contributed by atoms with Crippen LogP contribution in [0.4, 0.5) is 0 Å². The Morgan fingerprint density at radius 3 is 2.16 bits per heavy atom. The third-order valence-corrected chi connectivity index (χ3v) is 7.12. The van der Waals surface area contributed by atoms with Gasteiger partial charge in [0.25, 0.3) is 0 Å². The molecule has 3 N–H and O–H groups in total. The highest BCUT2D eigenvalue weighted by Gasteiger charge is 2.34. The van der Waals surface area contributed by atoms with E-state index in [1.54, 1.807) is 0 Å². The van der Waals surface area contributed by atoms with Crippen LogP contribution in [0.25, 0.3) is 33.5 Å². The predicted molar refractivity (Wildman–Crippen MR) is 154 cm³/mol. The average molecular weight is 504 g/mol. The van der Waals surface area contributed by atoms with Gasteiger partial charge in [-0.3, -0.25) is 0 Å². The van der Waals surface area contributed by atoms with Crippen molar-refractivity contribution in [1.82, 2.24) is 9.97 Å². The number of pyridine rings is 1. The Labute approximate surface area is 224 Å². The summed E-state index contributed by atoms with van der Waals surface area (Å²) in [6.07, 6.45) is 7.95. The third-order valence-electron chi connectivity index (χ3n) is 7.12. The first kappa shape index (κ1) is 25.6. The molecule has 5 aromatic rings. The van der Waals surface area contributed by atoms with Gasteiger partial charge in [0.2, 0.25) is 0 Å². The van der Waals surface area contributed by atoms with Crippen molar-refractivity contribution in [3.05, 3.63) is 108 Å². The molecule has 1 fully saturated rings. The lowest BCUT2D eigenvalue weighted by Crippen LogP contribution is -2.43. The van der Waals surface area contributed by atoms with Crippen LogP contribution >= 0.6 is 0 Å². The smallest absolute Gasteiger partial charge is 0.167 e. The Morgan fingerprint density at radius 1 is 0.789 bits per heavy atom. The van der Waals surface area contributed by atoms with Crippen molar-refractivity contribution in [3.63, 3.8) is 0 Å². The van der Waals surface area contributed by atoms with Gasteiger partial charge in [0.1, 0.15) is 11.3 Å². The molecule has 0 aliphatic heterocycles. The first-order valence-electron chi connectivity index (χ1n) is 13.5. The van der Waals surface area contributed by atoms with Crippen molar-refractivity contribution < 1.29 is 9.72 Å². The minimum atomic E-state index is -0.187. The molecule has 0 atom stereocenters. The highest BCUT2D eigenvalue weighted by molar-refractivity contribution is 5.89. The zero-order valence-corrected chi connectivity index (χ0v) is 22.2. The van der Waals surface area contributed by atoms with Crippen LogP contribution < -0.4 is 15.5 Å². The second-order valence-electron chi connectivity index (χ2n) is 9.50. The molecule has 1 aliphatic carbocycles. The van der Waals surface area contributed by atoms with Gasteiger partial charge in [-0.2, -0.15) is 0 Å². The summed E-state index contributed by atoms with van der Waals surface area (Å²) in [5, 5.41) is 0. The number of fused-ring (bicyclic) bond motifs is 1. The van der Waals surface area contributed by atoms with E-state index in [9.17, 15) is 0 Å². The number of nitrogens with zero attached hydrogens (tertiary/aromatic N) is 2. The van der Waals surface area contributed by atoms with Gasteiger partial charge in [-0.25, -0.2) is 15.0 Å². The van der Waals surface area contributed by atoms with E-state index in [0.29, 0.717) is 6.61 Å². The molecule has 2 aromatic heterocycles. The van der Waals surface area contributed by atoms with Crippen LogP contribution in [0.2, 0.25) is 0 Å². The molecular formula is C33H35N4O+. The van der Waals surface area contributed by atoms with Crippen molar-refractivity contribution in [2.75, 3.05) is 6.61 Å². The van der Waals surface area contributed by atoms with Crippen LogP contribution in [-0.2, 0) is 12.0 Å². The number of rotatable bonds is 7. The summed E-state index contributed by atoms with van der Waals surface area (Å²) >= 11 is 0. The van der Waals surface area contributed by atoms with E-state index < -0.39 is 0 Å². The SMILES string of the molecule is CC.NC1(c2ccc(-c3nc4c(OCCc5cc[nH+]cc5)cccc4nc3-c3ccccc3)cc2)CCC1. The van der Waals surface area contributed by atoms with Crippen LogP contribution in [0.1, 0.15) is 44.2 Å². The first-order chi connectivity index (χ1) is 18.7. The molecule has 1 saturated carbocycles. The predicted octanol–water partition coefficient (Wildman–Crippen LogP) is 6.76. The fourth-order valence-corrected chi connectivity index (χ4v) is 4.84. The van der Waals surface area contributed by atoms with Gasteiger partial charge in [-0.05, 0) is 42.5 Å². The highest BCUT2D eigenvalue weighted by Crippen LogP contribution is 2.40. The molecule has 0 saturated heterocycles. The normalized spacial score (nSPS) is 13.8. The number of aromatic amines is 1. The van der Waals surface area contributed by atoms with Crippen LogP contribution in [-0.4, -0.2) is 16.6 Å². The van der Waals surface area contributed by atoms with Gasteiger partial charge >= 0.3 is 0 Å². The summed E-state index contributed by atoms with van der Waals surface area (Å²) in [6, 6.07) is 28.9. The Kier molecular flexibility index (Phi) is 7.75. The number of benzene rings is 3. The third kappa shape index (κ3) is 5.29. The lowest BCUT2D eigenvalue weighted by Gasteiger charge is -2.38. The Balaban J connectivity index is 0.00000144. The fourth-order valence-electron chi connectivity index (χ4n) is 4.84. The lowest BCUT2D eigenvalue weighted by atomic mass is 9.72. The van der Waals surface area contributed by atoms with E-state index >= 15 is 0 Å². The quantitative estimate of drug-likeness (QED) is 0.266. The van der Waals surface area contributed by atoms with Gasteiger partial charge in [0, 0.05) is 35.2 Å². The summed E-state index contributed by atoms with van der Waals surface area (Å²) in [5.74, 6) is 0.746. The summed E-state index contributed by atoms with van der Waals surface area (Å²) in [4.78, 5) is 13.3. The zero-order valence-electron chi connectivity index (χ0n) is 22.2. The second-order valence-corrected chi connectivity index (χ2v) is 9.50. The van der Waals surface area contributed by atoms with E-state index in [2.05, 4.69) is 53.5 Å². The molecule has 38 heavy (non-hydrogen) atoms. The minimum Gasteiger partial charge on any atom is -0.491 e. The number of hydrogen-bond acceptors (Lipinski definition) is 4. The molecule has 6 rings (SSSR count). The van der Waals surface area contributed by atoms with Crippen molar-refractivity contribution in [3.8, 4) is 28.3 Å². The molecule has 5 nitrogen and oxygen atoms in total. The number of aromatic nitrogens is 3. The number of H-pyrrole nitrogens is 1. The summed E-state index contributed by atoms with van der Waals surface area (Å²) in [5.41, 5.74) is 14.1. The monoisotopic (exact) mass is 503 g/mol. The molecule has 0 spiro atoms. The maximum Gasteiger partial charge on any atom is 0.167 e. The van der Waals surface area contributed by atoms with Crippen LogP contribution in [0.5, 0.6) is 5.75 Å². The van der Waals surface area contributed by atoms with Crippen LogP contribution in [0, 0.1) is 0 Å². The molecule has 5 heteroatoms. The van der Waals surface area contributed by atoms with Crippen molar-refractivity contribution in [2.24, 2.45) is 5.73 Å². The topological polar surface area (TPSA) is 75.2 Å². The molecule has 0 unspecified atom stereocenters. The summed E-state index contributed by atoms with van der Waals surface area (Å²) in [7, 11) is 0. The van der Waals surface area contributed by atoms with E-state index in [4.69, 9.17) is 20.4 Å². The molecule has 192 valence electrons. The van der Waals surface area contributed by atoms with Crippen LogP contribution in [0.3, 0.4) is 0 Å². The van der Waals surface area contributed by atoms with Crippen molar-refractivity contribution in [2.45, 2.75) is 45.1 Å².